The largest absolute Gasteiger partial charge is 0.392 e. The highest BCUT2D eigenvalue weighted by Gasteiger charge is 2.42. The molecule has 1 fully saturated rings. The summed E-state index contributed by atoms with van der Waals surface area (Å²) in [5.74, 6) is 1.03. The van der Waals surface area contributed by atoms with E-state index >= 15 is 0 Å². The third kappa shape index (κ3) is 1.88. The summed E-state index contributed by atoms with van der Waals surface area (Å²) in [6.45, 7) is 3.65. The maximum absolute atomic E-state index is 9.75. The Morgan fingerprint density at radius 1 is 1.43 bits per heavy atom. The molecule has 0 aliphatic heterocycles. The third-order valence-electron chi connectivity index (χ3n) is 2.97. The number of aliphatic hydroxyl groups is 1. The maximum atomic E-state index is 9.75. The molecular weight excluding hydrogens is 172 g/mol. The minimum atomic E-state index is -0.197. The molecule has 0 spiro atoms. The Kier molecular flexibility index (Phi) is 2.69. The van der Waals surface area contributed by atoms with Crippen molar-refractivity contribution >= 4 is 0 Å². The highest BCUT2D eigenvalue weighted by Crippen LogP contribution is 2.50. The molecule has 1 heteroatoms. The Balaban J connectivity index is 1.96. The van der Waals surface area contributed by atoms with E-state index in [1.807, 2.05) is 6.07 Å². The number of benzene rings is 1. The monoisotopic (exact) mass is 188 g/mol. The second-order valence-corrected chi connectivity index (χ2v) is 4.01. The van der Waals surface area contributed by atoms with Crippen molar-refractivity contribution in [1.82, 2.24) is 0 Å². The Morgan fingerprint density at radius 2 is 2.14 bits per heavy atom. The first kappa shape index (κ1) is 9.47. The van der Waals surface area contributed by atoms with E-state index in [9.17, 15) is 5.11 Å². The number of aliphatic hydroxyl groups excluding tert-OH is 1. The molecule has 74 valence electrons. The molecular formula is C13H16O. The second-order valence-electron chi connectivity index (χ2n) is 4.01. The van der Waals surface area contributed by atoms with E-state index in [-0.39, 0.29) is 6.10 Å². The molecule has 0 unspecified atom stereocenters. The van der Waals surface area contributed by atoms with Crippen LogP contribution >= 0.6 is 0 Å². The molecule has 1 saturated carbocycles. The zero-order chi connectivity index (χ0) is 9.97. The zero-order valence-corrected chi connectivity index (χ0v) is 8.26. The van der Waals surface area contributed by atoms with Gasteiger partial charge in [0.25, 0.3) is 0 Å². The molecule has 1 nitrogen and oxygen atoms in total. The van der Waals surface area contributed by atoms with Crippen molar-refractivity contribution in [2.45, 2.75) is 24.9 Å². The SMILES string of the molecule is C=CC[C@@H](O)[C@H]1C[C@@H]1c1ccccc1. The molecule has 0 radical (unpaired) electrons. The molecule has 0 heterocycles. The molecule has 1 aromatic rings. The molecule has 0 bridgehead atoms. The van der Waals surface area contributed by atoms with Crippen LogP contribution in [0.25, 0.3) is 0 Å². The van der Waals surface area contributed by atoms with E-state index in [1.54, 1.807) is 6.08 Å². The van der Waals surface area contributed by atoms with Crippen molar-refractivity contribution in [2.24, 2.45) is 5.92 Å². The predicted molar refractivity (Wildman–Crippen MR) is 58.1 cm³/mol. The average molecular weight is 188 g/mol. The van der Waals surface area contributed by atoms with Crippen LogP contribution < -0.4 is 0 Å². The van der Waals surface area contributed by atoms with Crippen LogP contribution in [-0.2, 0) is 0 Å². The summed E-state index contributed by atoms with van der Waals surface area (Å²) >= 11 is 0. The summed E-state index contributed by atoms with van der Waals surface area (Å²) < 4.78 is 0. The first-order valence-corrected chi connectivity index (χ1v) is 5.17. The van der Waals surface area contributed by atoms with E-state index in [2.05, 4.69) is 30.8 Å². The van der Waals surface area contributed by atoms with Crippen LogP contribution in [0.2, 0.25) is 0 Å². The highest BCUT2D eigenvalue weighted by molar-refractivity contribution is 5.26. The first-order chi connectivity index (χ1) is 6.83. The van der Waals surface area contributed by atoms with Crippen molar-refractivity contribution in [3.05, 3.63) is 48.6 Å². The second kappa shape index (κ2) is 3.97. The summed E-state index contributed by atoms with van der Waals surface area (Å²) in [5.41, 5.74) is 1.36. The standard InChI is InChI=1S/C13H16O/c1-2-6-13(14)12-9-11(12)10-7-4-3-5-8-10/h2-5,7-8,11-14H,1,6,9H2/t11-,12+,13-/m1/s1. The lowest BCUT2D eigenvalue weighted by atomic mass is 10.1. The molecule has 2 rings (SSSR count). The van der Waals surface area contributed by atoms with Gasteiger partial charge in [0.2, 0.25) is 0 Å². The predicted octanol–water partition coefficient (Wildman–Crippen LogP) is 2.73. The van der Waals surface area contributed by atoms with Gasteiger partial charge in [-0.2, -0.15) is 0 Å². The van der Waals surface area contributed by atoms with E-state index in [4.69, 9.17) is 0 Å². The van der Waals surface area contributed by atoms with Crippen LogP contribution in [0.1, 0.15) is 24.3 Å². The van der Waals surface area contributed by atoms with E-state index in [0.29, 0.717) is 18.3 Å². The average Bonchev–Trinajstić information content (AvgIpc) is 2.99. The Bertz CT molecular complexity index is 304. The van der Waals surface area contributed by atoms with Gasteiger partial charge in [0.05, 0.1) is 6.10 Å². The Labute approximate surface area is 85.1 Å². The highest BCUT2D eigenvalue weighted by atomic mass is 16.3. The van der Waals surface area contributed by atoms with Crippen LogP contribution in [0.3, 0.4) is 0 Å². The fourth-order valence-corrected chi connectivity index (χ4v) is 2.07. The number of hydrogen-bond acceptors (Lipinski definition) is 1. The van der Waals surface area contributed by atoms with Gasteiger partial charge >= 0.3 is 0 Å². The Morgan fingerprint density at radius 3 is 2.79 bits per heavy atom. The van der Waals surface area contributed by atoms with Crippen molar-refractivity contribution in [1.29, 1.82) is 0 Å². The molecule has 0 amide bonds. The van der Waals surface area contributed by atoms with Crippen molar-refractivity contribution in [2.75, 3.05) is 0 Å². The van der Waals surface area contributed by atoms with Gasteiger partial charge < -0.3 is 5.11 Å². The van der Waals surface area contributed by atoms with Crippen molar-refractivity contribution < 1.29 is 5.11 Å². The third-order valence-corrected chi connectivity index (χ3v) is 2.97. The summed E-state index contributed by atoms with van der Waals surface area (Å²) in [4.78, 5) is 0. The van der Waals surface area contributed by atoms with Gasteiger partial charge in [0, 0.05) is 0 Å². The van der Waals surface area contributed by atoms with Crippen LogP contribution in [0.15, 0.2) is 43.0 Å². The summed E-state index contributed by atoms with van der Waals surface area (Å²) in [5, 5.41) is 9.75. The van der Waals surface area contributed by atoms with Gasteiger partial charge in [0.1, 0.15) is 0 Å². The van der Waals surface area contributed by atoms with Gasteiger partial charge in [-0.15, -0.1) is 6.58 Å². The lowest BCUT2D eigenvalue weighted by Gasteiger charge is -2.06. The number of hydrogen-bond donors (Lipinski definition) is 1. The molecule has 14 heavy (non-hydrogen) atoms. The molecule has 1 aromatic carbocycles. The van der Waals surface area contributed by atoms with Gasteiger partial charge in [0.15, 0.2) is 0 Å². The van der Waals surface area contributed by atoms with Crippen LogP contribution in [0.4, 0.5) is 0 Å². The Hall–Kier alpha value is -1.08. The van der Waals surface area contributed by atoms with Gasteiger partial charge in [-0.3, -0.25) is 0 Å². The summed E-state index contributed by atoms with van der Waals surface area (Å²) in [6, 6.07) is 10.4. The molecule has 1 aliphatic rings. The molecule has 0 aromatic heterocycles. The van der Waals surface area contributed by atoms with Crippen molar-refractivity contribution in [3.63, 3.8) is 0 Å². The van der Waals surface area contributed by atoms with E-state index < -0.39 is 0 Å². The fraction of sp³-hybridized carbons (Fsp3) is 0.385. The fourth-order valence-electron chi connectivity index (χ4n) is 2.07. The van der Waals surface area contributed by atoms with Gasteiger partial charge in [-0.05, 0) is 30.2 Å². The zero-order valence-electron chi connectivity index (χ0n) is 8.26. The van der Waals surface area contributed by atoms with Crippen molar-refractivity contribution in [3.8, 4) is 0 Å². The number of rotatable bonds is 4. The van der Waals surface area contributed by atoms with E-state index in [0.717, 1.165) is 6.42 Å². The van der Waals surface area contributed by atoms with E-state index in [1.165, 1.54) is 5.56 Å². The van der Waals surface area contributed by atoms with Crippen LogP contribution in [0, 0.1) is 5.92 Å². The van der Waals surface area contributed by atoms with Crippen LogP contribution in [-0.4, -0.2) is 11.2 Å². The summed E-state index contributed by atoms with van der Waals surface area (Å²) in [6.07, 6.45) is 3.44. The normalized spacial score (nSPS) is 26.9. The van der Waals surface area contributed by atoms with Crippen LogP contribution in [0.5, 0.6) is 0 Å². The quantitative estimate of drug-likeness (QED) is 0.720. The summed E-state index contributed by atoms with van der Waals surface area (Å²) in [7, 11) is 0. The molecule has 1 aliphatic carbocycles. The lowest BCUT2D eigenvalue weighted by molar-refractivity contribution is 0.152. The molecule has 3 atom stereocenters. The minimum absolute atomic E-state index is 0.197. The lowest BCUT2D eigenvalue weighted by Crippen LogP contribution is -2.08. The molecule has 1 N–H and O–H groups in total. The minimum Gasteiger partial charge on any atom is -0.392 e. The topological polar surface area (TPSA) is 20.2 Å². The maximum Gasteiger partial charge on any atom is 0.0608 e. The van der Waals surface area contributed by atoms with Gasteiger partial charge in [-0.25, -0.2) is 0 Å². The molecule has 0 saturated heterocycles. The van der Waals surface area contributed by atoms with Gasteiger partial charge in [-0.1, -0.05) is 36.4 Å². The first-order valence-electron chi connectivity index (χ1n) is 5.17. The smallest absolute Gasteiger partial charge is 0.0608 e.